The fraction of sp³-hybridized carbons (Fsp3) is 0.889. The van der Waals surface area contributed by atoms with Crippen LogP contribution in [0.3, 0.4) is 0 Å². The van der Waals surface area contributed by atoms with Crippen molar-refractivity contribution in [3.63, 3.8) is 0 Å². The Bertz CT molecular complexity index is 166. The molecule has 70 valence electrons. The topological polar surface area (TPSA) is 38.3 Å². The van der Waals surface area contributed by atoms with Gasteiger partial charge in [0.15, 0.2) is 0 Å². The van der Waals surface area contributed by atoms with Crippen molar-refractivity contribution in [1.82, 2.24) is 5.32 Å². The molecule has 12 heavy (non-hydrogen) atoms. The smallest absolute Gasteiger partial charge is 0.222 e. The highest BCUT2D eigenvalue weighted by molar-refractivity contribution is 5.78. The summed E-state index contributed by atoms with van der Waals surface area (Å²) in [6.07, 6.45) is 2.36. The van der Waals surface area contributed by atoms with Gasteiger partial charge in [-0.15, -0.1) is 0 Å². The Kier molecular flexibility index (Phi) is 3.09. The summed E-state index contributed by atoms with van der Waals surface area (Å²) in [6, 6.07) is 0.255. The molecule has 0 aromatic rings. The molecular formula is C9H17NO2. The molecule has 0 bridgehead atoms. The molecule has 1 rings (SSSR count). The van der Waals surface area contributed by atoms with Crippen LogP contribution < -0.4 is 5.32 Å². The molecule has 1 aliphatic carbocycles. The second-order valence-electron chi connectivity index (χ2n) is 3.62. The molecule has 3 nitrogen and oxygen atoms in total. The van der Waals surface area contributed by atoms with Gasteiger partial charge in [-0.3, -0.25) is 4.79 Å². The first kappa shape index (κ1) is 9.52. The normalized spacial score (nSPS) is 28.3. The molecule has 0 aromatic carbocycles. The molecule has 2 atom stereocenters. The molecule has 0 aromatic heterocycles. The van der Waals surface area contributed by atoms with Crippen LogP contribution >= 0.6 is 0 Å². The van der Waals surface area contributed by atoms with Crippen LogP contribution in [0.2, 0.25) is 0 Å². The minimum atomic E-state index is 0.0723. The SMILES string of the molecule is CO[C@@H]1CC[C@H]1NC(=O)C(C)C. The molecule has 0 aliphatic heterocycles. The number of amides is 1. The average Bonchev–Trinajstić information content (AvgIpc) is 1.98. The highest BCUT2D eigenvalue weighted by Crippen LogP contribution is 2.22. The van der Waals surface area contributed by atoms with Crippen LogP contribution in [-0.2, 0) is 9.53 Å². The highest BCUT2D eigenvalue weighted by atomic mass is 16.5. The summed E-state index contributed by atoms with van der Waals surface area (Å²) < 4.78 is 5.16. The van der Waals surface area contributed by atoms with Gasteiger partial charge in [0.2, 0.25) is 5.91 Å². The summed E-state index contributed by atoms with van der Waals surface area (Å²) in [5.41, 5.74) is 0. The Labute approximate surface area is 73.5 Å². The van der Waals surface area contributed by atoms with Crippen molar-refractivity contribution in [2.75, 3.05) is 7.11 Å². The van der Waals surface area contributed by atoms with Crippen molar-refractivity contribution < 1.29 is 9.53 Å². The van der Waals surface area contributed by atoms with Crippen LogP contribution in [0.15, 0.2) is 0 Å². The predicted molar refractivity (Wildman–Crippen MR) is 46.8 cm³/mol. The number of ether oxygens (including phenoxy) is 1. The van der Waals surface area contributed by atoms with Gasteiger partial charge in [0.25, 0.3) is 0 Å². The fourth-order valence-electron chi connectivity index (χ4n) is 1.27. The molecule has 0 radical (unpaired) electrons. The quantitative estimate of drug-likeness (QED) is 0.686. The van der Waals surface area contributed by atoms with Crippen LogP contribution in [0, 0.1) is 5.92 Å². The van der Waals surface area contributed by atoms with Gasteiger partial charge in [0.05, 0.1) is 12.1 Å². The summed E-state index contributed by atoms with van der Waals surface area (Å²) >= 11 is 0. The monoisotopic (exact) mass is 171 g/mol. The van der Waals surface area contributed by atoms with Gasteiger partial charge in [-0.1, -0.05) is 13.8 Å². The number of hydrogen-bond donors (Lipinski definition) is 1. The van der Waals surface area contributed by atoms with Crippen molar-refractivity contribution in [2.45, 2.75) is 38.8 Å². The molecule has 1 amide bonds. The van der Waals surface area contributed by atoms with E-state index in [1.807, 2.05) is 13.8 Å². The number of methoxy groups -OCH3 is 1. The van der Waals surface area contributed by atoms with E-state index in [4.69, 9.17) is 4.74 Å². The van der Waals surface area contributed by atoms with Crippen LogP contribution in [0.4, 0.5) is 0 Å². The van der Waals surface area contributed by atoms with Crippen molar-refractivity contribution in [2.24, 2.45) is 5.92 Å². The first-order valence-corrected chi connectivity index (χ1v) is 4.48. The molecule has 1 N–H and O–H groups in total. The lowest BCUT2D eigenvalue weighted by molar-refractivity contribution is -0.127. The van der Waals surface area contributed by atoms with Gasteiger partial charge in [-0.2, -0.15) is 0 Å². The fourth-order valence-corrected chi connectivity index (χ4v) is 1.27. The minimum Gasteiger partial charge on any atom is -0.379 e. The summed E-state index contributed by atoms with van der Waals surface area (Å²) in [5.74, 6) is 0.199. The third-order valence-corrected chi connectivity index (χ3v) is 2.37. The Hall–Kier alpha value is -0.570. The van der Waals surface area contributed by atoms with Crippen LogP contribution in [0.5, 0.6) is 0 Å². The Balaban J connectivity index is 2.27. The highest BCUT2D eigenvalue weighted by Gasteiger charge is 2.32. The van der Waals surface area contributed by atoms with Crippen LogP contribution in [-0.4, -0.2) is 25.2 Å². The van der Waals surface area contributed by atoms with E-state index in [2.05, 4.69) is 5.32 Å². The molecule has 0 unspecified atom stereocenters. The maximum atomic E-state index is 11.2. The first-order chi connectivity index (χ1) is 5.65. The number of hydrogen-bond acceptors (Lipinski definition) is 2. The van der Waals surface area contributed by atoms with Gasteiger partial charge in [0.1, 0.15) is 0 Å². The van der Waals surface area contributed by atoms with E-state index in [-0.39, 0.29) is 24.0 Å². The lowest BCUT2D eigenvalue weighted by atomic mass is 9.88. The molecule has 0 heterocycles. The Morgan fingerprint density at radius 1 is 1.50 bits per heavy atom. The molecule has 3 heteroatoms. The Morgan fingerprint density at radius 2 is 2.17 bits per heavy atom. The summed E-state index contributed by atoms with van der Waals surface area (Å²) in [4.78, 5) is 11.2. The lowest BCUT2D eigenvalue weighted by Crippen LogP contribution is -2.52. The molecule has 0 spiro atoms. The van der Waals surface area contributed by atoms with Gasteiger partial charge in [-0.05, 0) is 12.8 Å². The third kappa shape index (κ3) is 1.97. The zero-order valence-corrected chi connectivity index (χ0v) is 7.96. The van der Waals surface area contributed by atoms with E-state index in [0.717, 1.165) is 12.8 Å². The second-order valence-corrected chi connectivity index (χ2v) is 3.62. The summed E-state index contributed by atoms with van der Waals surface area (Å²) in [7, 11) is 1.69. The van der Waals surface area contributed by atoms with Crippen molar-refractivity contribution in [3.8, 4) is 0 Å². The number of carbonyl (C=O) groups is 1. The summed E-state index contributed by atoms with van der Waals surface area (Å²) in [5, 5.41) is 2.95. The van der Waals surface area contributed by atoms with E-state index >= 15 is 0 Å². The zero-order valence-electron chi connectivity index (χ0n) is 7.96. The predicted octanol–water partition coefficient (Wildman–Crippen LogP) is 0.936. The van der Waals surface area contributed by atoms with E-state index in [0.29, 0.717) is 0 Å². The first-order valence-electron chi connectivity index (χ1n) is 4.48. The molecule has 1 aliphatic rings. The molecule has 0 saturated heterocycles. The van der Waals surface area contributed by atoms with E-state index in [1.165, 1.54) is 0 Å². The van der Waals surface area contributed by atoms with Gasteiger partial charge in [0, 0.05) is 13.0 Å². The summed E-state index contributed by atoms with van der Waals surface area (Å²) in [6.45, 7) is 3.80. The third-order valence-electron chi connectivity index (χ3n) is 2.37. The largest absolute Gasteiger partial charge is 0.379 e. The molecule has 1 saturated carbocycles. The van der Waals surface area contributed by atoms with Crippen LogP contribution in [0.25, 0.3) is 0 Å². The number of rotatable bonds is 3. The number of nitrogens with one attached hydrogen (secondary N) is 1. The van der Waals surface area contributed by atoms with E-state index < -0.39 is 0 Å². The molecule has 1 fully saturated rings. The van der Waals surface area contributed by atoms with Crippen LogP contribution in [0.1, 0.15) is 26.7 Å². The Morgan fingerprint density at radius 3 is 2.50 bits per heavy atom. The van der Waals surface area contributed by atoms with Gasteiger partial charge in [-0.25, -0.2) is 0 Å². The maximum absolute atomic E-state index is 11.2. The van der Waals surface area contributed by atoms with E-state index in [1.54, 1.807) is 7.11 Å². The van der Waals surface area contributed by atoms with Gasteiger partial charge >= 0.3 is 0 Å². The van der Waals surface area contributed by atoms with Crippen molar-refractivity contribution >= 4 is 5.91 Å². The zero-order chi connectivity index (χ0) is 9.14. The second kappa shape index (κ2) is 3.90. The standard InChI is InChI=1S/C9H17NO2/c1-6(2)9(11)10-7-4-5-8(7)12-3/h6-8H,4-5H2,1-3H3,(H,10,11)/t7-,8-/m1/s1. The molecular weight excluding hydrogens is 154 g/mol. The average molecular weight is 171 g/mol. The van der Waals surface area contributed by atoms with E-state index in [9.17, 15) is 4.79 Å². The number of carbonyl (C=O) groups excluding carboxylic acids is 1. The van der Waals surface area contributed by atoms with Crippen molar-refractivity contribution in [3.05, 3.63) is 0 Å². The van der Waals surface area contributed by atoms with Crippen molar-refractivity contribution in [1.29, 1.82) is 0 Å². The minimum absolute atomic E-state index is 0.0723. The lowest BCUT2D eigenvalue weighted by Gasteiger charge is -2.36. The van der Waals surface area contributed by atoms with Gasteiger partial charge < -0.3 is 10.1 Å². The maximum Gasteiger partial charge on any atom is 0.222 e.